The van der Waals surface area contributed by atoms with Gasteiger partial charge in [-0.2, -0.15) is 0 Å². The fourth-order valence-corrected chi connectivity index (χ4v) is 2.00. The van der Waals surface area contributed by atoms with Crippen LogP contribution in [0.4, 0.5) is 5.69 Å². The van der Waals surface area contributed by atoms with Crippen molar-refractivity contribution in [2.45, 2.75) is 6.92 Å². The summed E-state index contributed by atoms with van der Waals surface area (Å²) < 4.78 is 16.1. The van der Waals surface area contributed by atoms with Gasteiger partial charge in [-0.15, -0.1) is 0 Å². The van der Waals surface area contributed by atoms with Gasteiger partial charge in [-0.3, -0.25) is 4.98 Å². The van der Waals surface area contributed by atoms with Crippen molar-refractivity contribution in [3.63, 3.8) is 0 Å². The fourth-order valence-electron chi connectivity index (χ4n) is 2.00. The summed E-state index contributed by atoms with van der Waals surface area (Å²) in [5.41, 5.74) is 7.22. The molecule has 0 atom stereocenters. The molecule has 1 heterocycles. The van der Waals surface area contributed by atoms with Crippen LogP contribution in [0.25, 0.3) is 11.1 Å². The highest BCUT2D eigenvalue weighted by Gasteiger charge is 2.09. The maximum atomic E-state index is 11.2. The molecule has 3 aromatic rings. The first kappa shape index (κ1) is 13.1. The number of oxazole rings is 1. The Morgan fingerprint density at radius 2 is 2.05 bits per heavy atom. The van der Waals surface area contributed by atoms with Crippen LogP contribution in [0.3, 0.4) is 0 Å². The van der Waals surface area contributed by atoms with Crippen LogP contribution in [0.15, 0.2) is 45.6 Å². The van der Waals surface area contributed by atoms with Crippen LogP contribution in [0, 0.1) is 0 Å². The van der Waals surface area contributed by atoms with Crippen LogP contribution in [0.1, 0.15) is 6.92 Å². The van der Waals surface area contributed by atoms with Crippen molar-refractivity contribution >= 4 is 16.8 Å². The summed E-state index contributed by atoms with van der Waals surface area (Å²) >= 11 is 0. The summed E-state index contributed by atoms with van der Waals surface area (Å²) in [4.78, 5) is 13.7. The van der Waals surface area contributed by atoms with E-state index in [9.17, 15) is 4.79 Å². The molecule has 3 N–H and O–H groups in total. The predicted octanol–water partition coefficient (Wildman–Crippen LogP) is 2.89. The highest BCUT2D eigenvalue weighted by molar-refractivity contribution is 5.80. The van der Waals surface area contributed by atoms with Crippen molar-refractivity contribution < 1.29 is 13.9 Å². The molecular formula is C15H14N2O4. The molecule has 0 unspecified atom stereocenters. The number of aromatic amines is 1. The lowest BCUT2D eigenvalue weighted by Gasteiger charge is -2.10. The Morgan fingerprint density at radius 1 is 1.24 bits per heavy atom. The van der Waals surface area contributed by atoms with Gasteiger partial charge in [0.05, 0.1) is 17.8 Å². The Morgan fingerprint density at radius 3 is 2.86 bits per heavy atom. The molecular weight excluding hydrogens is 272 g/mol. The number of aromatic nitrogens is 1. The molecule has 6 heteroatoms. The molecule has 0 saturated carbocycles. The molecule has 0 amide bonds. The Labute approximate surface area is 120 Å². The van der Waals surface area contributed by atoms with Gasteiger partial charge in [0.15, 0.2) is 11.3 Å². The summed E-state index contributed by atoms with van der Waals surface area (Å²) in [6, 6.07) is 10.4. The third-order valence-corrected chi connectivity index (χ3v) is 2.90. The zero-order chi connectivity index (χ0) is 14.8. The number of nitrogen functional groups attached to an aromatic ring is 1. The van der Waals surface area contributed by atoms with E-state index >= 15 is 0 Å². The molecule has 2 aromatic carbocycles. The monoisotopic (exact) mass is 286 g/mol. The molecule has 1 aromatic heterocycles. The van der Waals surface area contributed by atoms with Crippen LogP contribution < -0.4 is 21.0 Å². The lowest BCUT2D eigenvalue weighted by Crippen LogP contribution is -1.94. The van der Waals surface area contributed by atoms with Crippen molar-refractivity contribution in [2.75, 3.05) is 12.3 Å². The Balaban J connectivity index is 1.95. The van der Waals surface area contributed by atoms with Crippen molar-refractivity contribution in [3.05, 3.63) is 46.9 Å². The van der Waals surface area contributed by atoms with Crippen LogP contribution in [0.2, 0.25) is 0 Å². The number of fused-ring (bicyclic) bond motifs is 1. The Bertz CT molecular complexity index is 835. The lowest BCUT2D eigenvalue weighted by molar-refractivity contribution is 0.338. The van der Waals surface area contributed by atoms with E-state index in [1.54, 1.807) is 24.3 Å². The number of rotatable bonds is 4. The second-order valence-corrected chi connectivity index (χ2v) is 4.41. The number of anilines is 1. The van der Waals surface area contributed by atoms with Gasteiger partial charge in [0.2, 0.25) is 0 Å². The summed E-state index contributed by atoms with van der Waals surface area (Å²) in [5, 5.41) is 0. The topological polar surface area (TPSA) is 90.5 Å². The van der Waals surface area contributed by atoms with E-state index in [0.717, 1.165) is 0 Å². The molecule has 21 heavy (non-hydrogen) atoms. The number of benzene rings is 2. The molecule has 0 aliphatic carbocycles. The van der Waals surface area contributed by atoms with Gasteiger partial charge in [0, 0.05) is 18.2 Å². The van der Waals surface area contributed by atoms with Crippen LogP contribution in [-0.4, -0.2) is 11.6 Å². The quantitative estimate of drug-likeness (QED) is 0.720. The standard InChI is InChI=1S/C15H14N2O4/c1-2-19-9-4-3-5-10(6-9)20-13-8-12-14(7-11(13)16)21-15(18)17-12/h3-8H,2,16H2,1H3,(H,17,18). The van der Waals surface area contributed by atoms with E-state index < -0.39 is 5.76 Å². The number of hydrogen-bond donors (Lipinski definition) is 2. The number of hydrogen-bond acceptors (Lipinski definition) is 5. The second-order valence-electron chi connectivity index (χ2n) is 4.41. The molecule has 0 aliphatic rings. The summed E-state index contributed by atoms with van der Waals surface area (Å²) in [7, 11) is 0. The molecule has 0 spiro atoms. The Kier molecular flexibility index (Phi) is 3.27. The largest absolute Gasteiger partial charge is 0.494 e. The second kappa shape index (κ2) is 5.24. The average molecular weight is 286 g/mol. The van der Waals surface area contributed by atoms with Gasteiger partial charge in [-0.25, -0.2) is 4.79 Å². The maximum Gasteiger partial charge on any atom is 0.417 e. The van der Waals surface area contributed by atoms with Crippen molar-refractivity contribution in [1.29, 1.82) is 0 Å². The van der Waals surface area contributed by atoms with Crippen LogP contribution >= 0.6 is 0 Å². The van der Waals surface area contributed by atoms with Crippen molar-refractivity contribution in [1.82, 2.24) is 4.98 Å². The van der Waals surface area contributed by atoms with Gasteiger partial charge in [-0.1, -0.05) is 6.07 Å². The minimum Gasteiger partial charge on any atom is -0.494 e. The minimum absolute atomic E-state index is 0.382. The number of nitrogens with one attached hydrogen (secondary N) is 1. The molecule has 3 rings (SSSR count). The number of ether oxygens (including phenoxy) is 2. The molecule has 0 fully saturated rings. The molecule has 0 aliphatic heterocycles. The first-order valence-electron chi connectivity index (χ1n) is 6.49. The highest BCUT2D eigenvalue weighted by atomic mass is 16.5. The smallest absolute Gasteiger partial charge is 0.417 e. The predicted molar refractivity (Wildman–Crippen MR) is 78.9 cm³/mol. The summed E-state index contributed by atoms with van der Waals surface area (Å²) in [5.74, 6) is 1.22. The lowest BCUT2D eigenvalue weighted by atomic mass is 10.2. The SMILES string of the molecule is CCOc1cccc(Oc2cc3[nH]c(=O)oc3cc2N)c1. The van der Waals surface area contributed by atoms with Crippen LogP contribution in [0.5, 0.6) is 17.2 Å². The molecule has 6 nitrogen and oxygen atoms in total. The van der Waals surface area contributed by atoms with Gasteiger partial charge < -0.3 is 19.6 Å². The highest BCUT2D eigenvalue weighted by Crippen LogP contribution is 2.32. The van der Waals surface area contributed by atoms with Gasteiger partial charge in [-0.05, 0) is 19.1 Å². The Hall–Kier alpha value is -2.89. The van der Waals surface area contributed by atoms with E-state index in [1.807, 2.05) is 19.1 Å². The van der Waals surface area contributed by atoms with Crippen molar-refractivity contribution in [2.24, 2.45) is 0 Å². The van der Waals surface area contributed by atoms with E-state index in [1.165, 1.54) is 0 Å². The molecule has 0 saturated heterocycles. The first-order valence-corrected chi connectivity index (χ1v) is 6.49. The minimum atomic E-state index is -0.528. The maximum absolute atomic E-state index is 11.2. The summed E-state index contributed by atoms with van der Waals surface area (Å²) in [6.07, 6.45) is 0. The molecule has 0 radical (unpaired) electrons. The van der Waals surface area contributed by atoms with Gasteiger partial charge >= 0.3 is 5.76 Å². The van der Waals surface area contributed by atoms with E-state index in [-0.39, 0.29) is 0 Å². The summed E-state index contributed by atoms with van der Waals surface area (Å²) in [6.45, 7) is 2.49. The zero-order valence-corrected chi connectivity index (χ0v) is 11.4. The van der Waals surface area contributed by atoms with Crippen LogP contribution in [-0.2, 0) is 0 Å². The van der Waals surface area contributed by atoms with E-state index in [2.05, 4.69) is 4.98 Å². The van der Waals surface area contributed by atoms with Gasteiger partial charge in [0.1, 0.15) is 11.5 Å². The third kappa shape index (κ3) is 2.69. The third-order valence-electron chi connectivity index (χ3n) is 2.90. The number of nitrogens with two attached hydrogens (primary N) is 1. The fraction of sp³-hybridized carbons (Fsp3) is 0.133. The van der Waals surface area contributed by atoms with Crippen molar-refractivity contribution in [3.8, 4) is 17.2 Å². The first-order chi connectivity index (χ1) is 10.2. The molecule has 108 valence electrons. The normalized spacial score (nSPS) is 10.7. The number of H-pyrrole nitrogens is 1. The average Bonchev–Trinajstić information content (AvgIpc) is 2.79. The molecule has 0 bridgehead atoms. The zero-order valence-electron chi connectivity index (χ0n) is 11.4. The van der Waals surface area contributed by atoms with E-state index in [4.69, 9.17) is 19.6 Å². The van der Waals surface area contributed by atoms with E-state index in [0.29, 0.717) is 40.6 Å². The van der Waals surface area contributed by atoms with Gasteiger partial charge in [0.25, 0.3) is 0 Å².